The van der Waals surface area contributed by atoms with Crippen LogP contribution < -0.4 is 0 Å². The van der Waals surface area contributed by atoms with Crippen molar-refractivity contribution in [2.45, 2.75) is 67.8 Å². The Morgan fingerprint density at radius 1 is 1.12 bits per heavy atom. The van der Waals surface area contributed by atoms with Crippen molar-refractivity contribution in [2.24, 2.45) is 0 Å². The lowest BCUT2D eigenvalue weighted by atomic mass is 9.96. The number of hydrogen-bond acceptors (Lipinski definition) is 4. The summed E-state index contributed by atoms with van der Waals surface area (Å²) in [7, 11) is -2.91. The molecule has 1 aromatic rings. The standard InChI is InChI=1S/C17H27NO4P2S/c1-17(2,20)13-9-12(7-8-19)10-16(11-13)25(21,22)18(23-14-3-4-14)24-15-5-6-15/h9-11,14-15,19-20,23-24H,3-8H2,1-2H3. The Labute approximate surface area is 153 Å². The topological polar surface area (TPSA) is 77.8 Å². The minimum atomic E-state index is -3.57. The molecular formula is C17H27NO4P2S. The zero-order chi connectivity index (χ0) is 18.2. The number of rotatable bonds is 9. The largest absolute Gasteiger partial charge is 0.396 e. The molecule has 0 saturated heterocycles. The quantitative estimate of drug-likeness (QED) is 0.622. The van der Waals surface area contributed by atoms with Gasteiger partial charge < -0.3 is 10.2 Å². The molecule has 0 spiro atoms. The maximum atomic E-state index is 13.3. The van der Waals surface area contributed by atoms with Gasteiger partial charge in [0.1, 0.15) is 0 Å². The zero-order valence-electron chi connectivity index (χ0n) is 14.7. The van der Waals surface area contributed by atoms with Crippen molar-refractivity contribution in [1.29, 1.82) is 0 Å². The summed E-state index contributed by atoms with van der Waals surface area (Å²) in [6.07, 6.45) is 4.87. The van der Waals surface area contributed by atoms with E-state index in [1.807, 2.05) is 0 Å². The molecule has 0 bridgehead atoms. The molecule has 0 aromatic heterocycles. The van der Waals surface area contributed by atoms with Crippen LogP contribution in [0.5, 0.6) is 0 Å². The van der Waals surface area contributed by atoms with Crippen LogP contribution in [-0.2, 0) is 22.0 Å². The number of nitrogens with zero attached hydrogens (tertiary/aromatic N) is 1. The monoisotopic (exact) mass is 403 g/mol. The molecule has 25 heavy (non-hydrogen) atoms. The maximum Gasteiger partial charge on any atom is 0.249 e. The molecule has 2 saturated carbocycles. The molecule has 0 heterocycles. The van der Waals surface area contributed by atoms with E-state index in [0.717, 1.165) is 31.2 Å². The maximum absolute atomic E-state index is 13.3. The highest BCUT2D eigenvalue weighted by atomic mass is 32.2. The molecule has 0 amide bonds. The van der Waals surface area contributed by atoms with Crippen LogP contribution in [-0.4, -0.2) is 40.4 Å². The van der Waals surface area contributed by atoms with E-state index in [1.54, 1.807) is 35.9 Å². The van der Waals surface area contributed by atoms with Crippen LogP contribution in [0.2, 0.25) is 0 Å². The molecule has 2 unspecified atom stereocenters. The third-order valence-corrected chi connectivity index (χ3v) is 10.9. The van der Waals surface area contributed by atoms with Gasteiger partial charge in [-0.05, 0) is 98.0 Å². The summed E-state index contributed by atoms with van der Waals surface area (Å²) in [6, 6.07) is 5.03. The van der Waals surface area contributed by atoms with Gasteiger partial charge in [-0.25, -0.2) is 8.42 Å². The first-order chi connectivity index (χ1) is 11.7. The van der Waals surface area contributed by atoms with Crippen LogP contribution in [0.15, 0.2) is 23.1 Å². The van der Waals surface area contributed by atoms with Crippen LogP contribution in [0.3, 0.4) is 0 Å². The Morgan fingerprint density at radius 2 is 1.68 bits per heavy atom. The fraction of sp³-hybridized carbons (Fsp3) is 0.647. The molecule has 5 nitrogen and oxygen atoms in total. The van der Waals surface area contributed by atoms with Crippen molar-refractivity contribution in [2.75, 3.05) is 6.61 Å². The van der Waals surface area contributed by atoms with Crippen molar-refractivity contribution in [3.8, 4) is 0 Å². The van der Waals surface area contributed by atoms with Gasteiger partial charge in [0.05, 0.1) is 10.5 Å². The number of sulfonamides is 1. The van der Waals surface area contributed by atoms with E-state index in [4.69, 9.17) is 0 Å². The van der Waals surface area contributed by atoms with Gasteiger partial charge in [-0.15, -0.1) is 0 Å². The highest BCUT2D eigenvalue weighted by molar-refractivity contribution is 7.97. The minimum absolute atomic E-state index is 0.0494. The minimum Gasteiger partial charge on any atom is -0.396 e. The SMILES string of the molecule is CC(C)(O)c1cc(CCO)cc(S(=O)(=O)N(PC2CC2)PC2CC2)c1. The first kappa shape index (κ1) is 19.7. The summed E-state index contributed by atoms with van der Waals surface area (Å²) in [5.41, 5.74) is 1.23. The highest BCUT2D eigenvalue weighted by Crippen LogP contribution is 2.54. The molecule has 0 radical (unpaired) electrons. The molecule has 2 aliphatic rings. The van der Waals surface area contributed by atoms with Gasteiger partial charge in [0, 0.05) is 6.61 Å². The summed E-state index contributed by atoms with van der Waals surface area (Å²) in [5.74, 6) is 0. The van der Waals surface area contributed by atoms with Crippen LogP contribution >= 0.6 is 17.5 Å². The molecule has 2 fully saturated rings. The van der Waals surface area contributed by atoms with E-state index in [-0.39, 0.29) is 11.5 Å². The van der Waals surface area contributed by atoms with Crippen LogP contribution in [0, 0.1) is 0 Å². The second-order valence-electron chi connectivity index (χ2n) is 7.47. The zero-order valence-corrected chi connectivity index (χ0v) is 17.5. The summed E-state index contributed by atoms with van der Waals surface area (Å²) in [6.45, 7) is 3.25. The summed E-state index contributed by atoms with van der Waals surface area (Å²) >= 11 is 0. The Hall–Kier alpha value is -0.0900. The van der Waals surface area contributed by atoms with Crippen LogP contribution in [0.25, 0.3) is 0 Å². The molecule has 0 aliphatic heterocycles. The Balaban J connectivity index is 1.96. The van der Waals surface area contributed by atoms with Crippen molar-refractivity contribution in [3.63, 3.8) is 0 Å². The Kier molecular flexibility index (Phi) is 5.90. The lowest BCUT2D eigenvalue weighted by Crippen LogP contribution is -2.21. The van der Waals surface area contributed by atoms with Crippen LogP contribution in [0.4, 0.5) is 0 Å². The summed E-state index contributed by atoms with van der Waals surface area (Å²) in [5, 5.41) is 19.6. The first-order valence-corrected chi connectivity index (χ1v) is 12.2. The number of benzene rings is 1. The second kappa shape index (κ2) is 7.50. The number of aliphatic hydroxyl groups is 2. The van der Waals surface area contributed by atoms with E-state index < -0.39 is 15.6 Å². The summed E-state index contributed by atoms with van der Waals surface area (Å²) in [4.78, 5) is 0.247. The Bertz CT molecular complexity index is 711. The molecular weight excluding hydrogens is 376 g/mol. The first-order valence-electron chi connectivity index (χ1n) is 8.75. The predicted molar refractivity (Wildman–Crippen MR) is 104 cm³/mol. The lowest BCUT2D eigenvalue weighted by molar-refractivity contribution is 0.0782. The molecule has 140 valence electrons. The van der Waals surface area contributed by atoms with Gasteiger partial charge in [-0.1, -0.05) is 6.07 Å². The van der Waals surface area contributed by atoms with Gasteiger partial charge in [0.2, 0.25) is 10.0 Å². The number of aliphatic hydroxyl groups excluding tert-OH is 1. The third kappa shape index (κ3) is 5.22. The molecule has 2 aliphatic carbocycles. The number of hydrogen-bond donors (Lipinski definition) is 2. The fourth-order valence-corrected chi connectivity index (χ4v) is 8.80. The van der Waals surface area contributed by atoms with Crippen molar-refractivity contribution < 1.29 is 18.6 Å². The van der Waals surface area contributed by atoms with E-state index in [9.17, 15) is 18.6 Å². The summed E-state index contributed by atoms with van der Waals surface area (Å²) < 4.78 is 28.3. The lowest BCUT2D eigenvalue weighted by Gasteiger charge is -2.24. The van der Waals surface area contributed by atoms with Crippen molar-refractivity contribution in [1.82, 2.24) is 3.85 Å². The van der Waals surface area contributed by atoms with Crippen molar-refractivity contribution in [3.05, 3.63) is 29.3 Å². The van der Waals surface area contributed by atoms with E-state index in [2.05, 4.69) is 0 Å². The predicted octanol–water partition coefficient (Wildman–Crippen LogP) is 2.95. The molecule has 2 N–H and O–H groups in total. The van der Waals surface area contributed by atoms with Crippen molar-refractivity contribution >= 4 is 27.5 Å². The average Bonchev–Trinajstić information content (AvgIpc) is 3.41. The van der Waals surface area contributed by atoms with E-state index in [1.165, 1.54) is 0 Å². The van der Waals surface area contributed by atoms with E-state index in [0.29, 0.717) is 40.8 Å². The molecule has 3 rings (SSSR count). The Morgan fingerprint density at radius 3 is 2.12 bits per heavy atom. The highest BCUT2D eigenvalue weighted by Gasteiger charge is 2.36. The smallest absolute Gasteiger partial charge is 0.249 e. The van der Waals surface area contributed by atoms with Gasteiger partial charge >= 0.3 is 0 Å². The average molecular weight is 403 g/mol. The molecule has 8 heteroatoms. The van der Waals surface area contributed by atoms with Gasteiger partial charge in [-0.2, -0.15) is 3.85 Å². The normalized spacial score (nSPS) is 19.7. The van der Waals surface area contributed by atoms with Gasteiger partial charge in [0.25, 0.3) is 0 Å². The van der Waals surface area contributed by atoms with E-state index >= 15 is 0 Å². The second-order valence-corrected chi connectivity index (χ2v) is 13.4. The van der Waals surface area contributed by atoms with Crippen LogP contribution in [0.1, 0.15) is 50.7 Å². The van der Waals surface area contributed by atoms with Gasteiger partial charge in [-0.3, -0.25) is 0 Å². The fourth-order valence-electron chi connectivity index (χ4n) is 2.47. The molecule has 1 aromatic carbocycles. The third-order valence-electron chi connectivity index (χ3n) is 4.37. The molecule has 2 atom stereocenters. The van der Waals surface area contributed by atoms with Gasteiger partial charge in [0.15, 0.2) is 0 Å².